The summed E-state index contributed by atoms with van der Waals surface area (Å²) in [6.45, 7) is -3.51. The molecule has 8 heavy (non-hydrogen) atoms. The normalized spacial score (nSPS) is 11.5. The summed E-state index contributed by atoms with van der Waals surface area (Å²) >= 11 is 0. The molecular formula is C3H4BF3K. The van der Waals surface area contributed by atoms with E-state index in [0.717, 1.165) is 6.08 Å². The topological polar surface area (TPSA) is 0 Å². The maximum absolute atomic E-state index is 11.0. The largest absolute Gasteiger partial charge is 1.00 e. The molecule has 0 rings (SSSR count). The molecule has 0 N–H and O–H groups in total. The molecule has 1 radical (unpaired) electrons. The van der Waals surface area contributed by atoms with E-state index in [0.29, 0.717) is 0 Å². The summed E-state index contributed by atoms with van der Waals surface area (Å²) in [7, 11) is 0. The van der Waals surface area contributed by atoms with Gasteiger partial charge in [0.15, 0.2) is 0 Å². The Morgan fingerprint density at radius 3 is 1.75 bits per heavy atom. The molecule has 0 saturated heterocycles. The Balaban J connectivity index is 0. The Labute approximate surface area is 89.0 Å². The Bertz CT molecular complexity index is 77.1. The van der Waals surface area contributed by atoms with E-state index in [1.54, 1.807) is 0 Å². The van der Waals surface area contributed by atoms with Gasteiger partial charge in [0, 0.05) is 0 Å². The molecule has 0 fully saturated rings. The average Bonchev–Trinajstić information content (AvgIpc) is 1.30. The number of allylic oxidation sites excluding steroid dienone is 1. The van der Waals surface area contributed by atoms with E-state index in [4.69, 9.17) is 0 Å². The SMILES string of the molecule is CC=[C][B-](F)(F)F.[K+]. The molecule has 0 atom stereocenters. The molecule has 0 aromatic heterocycles. The van der Waals surface area contributed by atoms with Crippen LogP contribution in [0.3, 0.4) is 0 Å². The van der Waals surface area contributed by atoms with Gasteiger partial charge < -0.3 is 12.9 Å². The van der Waals surface area contributed by atoms with Crippen molar-refractivity contribution in [2.75, 3.05) is 0 Å². The predicted molar refractivity (Wildman–Crippen MR) is 22.6 cm³/mol. The summed E-state index contributed by atoms with van der Waals surface area (Å²) in [5.41, 5.74) is 0. The van der Waals surface area contributed by atoms with E-state index in [-0.39, 0.29) is 51.4 Å². The van der Waals surface area contributed by atoms with Crippen LogP contribution in [-0.4, -0.2) is 6.98 Å². The zero-order valence-electron chi connectivity index (χ0n) is 4.79. The van der Waals surface area contributed by atoms with Crippen LogP contribution >= 0.6 is 0 Å². The molecule has 41 valence electrons. The van der Waals surface area contributed by atoms with Crippen LogP contribution in [0.15, 0.2) is 6.08 Å². The van der Waals surface area contributed by atoms with Gasteiger partial charge in [-0.15, -0.1) is 12.1 Å². The Kier molecular flexibility index (Phi) is 7.55. The third-order valence-corrected chi connectivity index (χ3v) is 0.356. The van der Waals surface area contributed by atoms with Gasteiger partial charge >= 0.3 is 58.4 Å². The summed E-state index contributed by atoms with van der Waals surface area (Å²) in [4.78, 5) is 0. The molecule has 0 saturated carbocycles. The van der Waals surface area contributed by atoms with Crippen molar-refractivity contribution in [2.45, 2.75) is 6.92 Å². The first-order valence-electron chi connectivity index (χ1n) is 1.81. The van der Waals surface area contributed by atoms with E-state index >= 15 is 0 Å². The Morgan fingerprint density at radius 2 is 1.75 bits per heavy atom. The van der Waals surface area contributed by atoms with E-state index in [9.17, 15) is 12.9 Å². The first-order chi connectivity index (χ1) is 3.06. The minimum atomic E-state index is -4.80. The van der Waals surface area contributed by atoms with Crippen LogP contribution in [0.1, 0.15) is 6.92 Å². The van der Waals surface area contributed by atoms with Gasteiger partial charge in [-0.25, -0.2) is 0 Å². The standard InChI is InChI=1S/C3H4BF3.K/c1-2-3-4(5,6)7;/h2H,1H3;/q-1;+1. The van der Waals surface area contributed by atoms with Crippen molar-refractivity contribution >= 4 is 6.98 Å². The quantitative estimate of drug-likeness (QED) is 0.407. The second-order valence-electron chi connectivity index (χ2n) is 1.03. The van der Waals surface area contributed by atoms with Crippen molar-refractivity contribution in [3.63, 3.8) is 0 Å². The molecule has 0 spiro atoms. The Hall–Kier alpha value is 1.23. The van der Waals surface area contributed by atoms with Crippen LogP contribution in [0, 0.1) is 5.98 Å². The monoisotopic (exact) mass is 147 g/mol. The van der Waals surface area contributed by atoms with Gasteiger partial charge in [-0.2, -0.15) is 0 Å². The first-order valence-corrected chi connectivity index (χ1v) is 1.81. The van der Waals surface area contributed by atoms with Crippen LogP contribution < -0.4 is 51.4 Å². The van der Waals surface area contributed by atoms with Crippen molar-refractivity contribution in [2.24, 2.45) is 0 Å². The van der Waals surface area contributed by atoms with Gasteiger partial charge in [0.1, 0.15) is 0 Å². The predicted octanol–water partition coefficient (Wildman–Crippen LogP) is -1.24. The second-order valence-corrected chi connectivity index (χ2v) is 1.03. The third-order valence-electron chi connectivity index (χ3n) is 0.356. The van der Waals surface area contributed by atoms with Crippen molar-refractivity contribution < 1.29 is 64.3 Å². The molecule has 0 aromatic carbocycles. The summed E-state index contributed by atoms with van der Waals surface area (Å²) in [6.07, 6.45) is 0.861. The summed E-state index contributed by atoms with van der Waals surface area (Å²) in [6, 6.07) is 0. The van der Waals surface area contributed by atoms with E-state index < -0.39 is 6.98 Å². The molecule has 0 nitrogen and oxygen atoms in total. The molecule has 0 aliphatic heterocycles. The molecule has 0 aromatic rings. The summed E-state index contributed by atoms with van der Waals surface area (Å²) in [5.74, 6) is 1.22. The van der Waals surface area contributed by atoms with Crippen molar-refractivity contribution in [1.82, 2.24) is 0 Å². The fourth-order valence-electron chi connectivity index (χ4n) is 0.189. The molecule has 5 heteroatoms. The van der Waals surface area contributed by atoms with Crippen molar-refractivity contribution in [1.29, 1.82) is 0 Å². The first kappa shape index (κ1) is 12.0. The zero-order valence-corrected chi connectivity index (χ0v) is 7.91. The van der Waals surface area contributed by atoms with E-state index in [2.05, 4.69) is 0 Å². The van der Waals surface area contributed by atoms with Crippen LogP contribution in [0.4, 0.5) is 12.9 Å². The number of hydrogen-bond donors (Lipinski definition) is 0. The molecular weight excluding hydrogens is 143 g/mol. The number of halogens is 3. The molecule has 0 aliphatic rings. The smallest absolute Gasteiger partial charge is 0.445 e. The van der Waals surface area contributed by atoms with Gasteiger partial charge in [0.2, 0.25) is 0 Å². The van der Waals surface area contributed by atoms with Crippen LogP contribution in [0.2, 0.25) is 0 Å². The number of rotatable bonds is 1. The maximum atomic E-state index is 11.0. The maximum Gasteiger partial charge on any atom is 1.00 e. The molecule has 0 bridgehead atoms. The van der Waals surface area contributed by atoms with Gasteiger partial charge in [-0.3, -0.25) is 0 Å². The minimum absolute atomic E-state index is 0. The fourth-order valence-corrected chi connectivity index (χ4v) is 0.189. The van der Waals surface area contributed by atoms with Crippen LogP contribution in [0.5, 0.6) is 0 Å². The van der Waals surface area contributed by atoms with Crippen LogP contribution in [0.25, 0.3) is 0 Å². The Morgan fingerprint density at radius 1 is 1.38 bits per heavy atom. The minimum Gasteiger partial charge on any atom is -0.445 e. The van der Waals surface area contributed by atoms with Gasteiger partial charge in [0.25, 0.3) is 0 Å². The van der Waals surface area contributed by atoms with Gasteiger partial charge in [0.05, 0.1) is 0 Å². The van der Waals surface area contributed by atoms with Gasteiger partial charge in [-0.1, -0.05) is 0 Å². The van der Waals surface area contributed by atoms with Crippen molar-refractivity contribution in [3.05, 3.63) is 12.1 Å². The fraction of sp³-hybridized carbons (Fsp3) is 0.333. The van der Waals surface area contributed by atoms with E-state index in [1.165, 1.54) is 12.9 Å². The number of hydrogen-bond acceptors (Lipinski definition) is 0. The van der Waals surface area contributed by atoms with Crippen LogP contribution in [-0.2, 0) is 0 Å². The van der Waals surface area contributed by atoms with Gasteiger partial charge in [-0.05, 0) is 6.92 Å². The second kappa shape index (κ2) is 5.05. The van der Waals surface area contributed by atoms with E-state index in [1.807, 2.05) is 0 Å². The third kappa shape index (κ3) is 10.3. The van der Waals surface area contributed by atoms with Crippen molar-refractivity contribution in [3.8, 4) is 0 Å². The molecule has 0 unspecified atom stereocenters. The summed E-state index contributed by atoms with van der Waals surface area (Å²) < 4.78 is 32.9. The zero-order chi connectivity index (χ0) is 5.91. The average molecular weight is 147 g/mol. The molecule has 0 heterocycles. The molecule has 0 amide bonds. The molecule has 0 aliphatic carbocycles. The summed E-state index contributed by atoms with van der Waals surface area (Å²) in [5, 5.41) is 0.